The van der Waals surface area contributed by atoms with E-state index >= 15 is 0 Å². The van der Waals surface area contributed by atoms with Crippen LogP contribution in [0.2, 0.25) is 0 Å². The highest BCUT2D eigenvalue weighted by atomic mass is 32.2. The molecule has 10 heteroatoms. The Kier molecular flexibility index (Phi) is 5.05. The first-order chi connectivity index (χ1) is 10.3. The Hall–Kier alpha value is -1.23. The highest BCUT2D eigenvalue weighted by Gasteiger charge is 2.58. The van der Waals surface area contributed by atoms with E-state index in [0.29, 0.717) is 10.7 Å². The maximum absolute atomic E-state index is 12.1. The average molecular weight is 348 g/mol. The largest absolute Gasteiger partial charge is 0.480 e. The van der Waals surface area contributed by atoms with Gasteiger partial charge in [-0.05, 0) is 6.42 Å². The van der Waals surface area contributed by atoms with Crippen LogP contribution in [0.5, 0.6) is 0 Å². The maximum atomic E-state index is 12.1. The molecule has 0 aromatic heterocycles. The number of carboxylic acids is 2. The lowest BCUT2D eigenvalue weighted by Gasteiger charge is -2.44. The number of thioether (sulfide) groups is 2. The van der Waals surface area contributed by atoms with Gasteiger partial charge in [0, 0.05) is 5.75 Å². The Bertz CT molecular complexity index is 552. The number of carboxylic acid groups (broad SMARTS) is 2. The minimum absolute atomic E-state index is 0.00416. The first-order valence-electron chi connectivity index (χ1n) is 6.56. The van der Waals surface area contributed by atoms with Crippen molar-refractivity contribution in [2.75, 3.05) is 5.75 Å². The monoisotopic (exact) mass is 348 g/mol. The fraction of sp³-hybridized carbons (Fsp3) is 0.583. The van der Waals surface area contributed by atoms with Crippen LogP contribution in [0.1, 0.15) is 13.3 Å². The number of aliphatic hydroxyl groups is 1. The molecule has 0 bridgehead atoms. The molecule has 1 amide bonds. The standard InChI is InChI=1S/C12H16N2O6S2/c1-2-5(15)6-8(16)14-7(11(19)20)12(22-9(6)14)21-3-4(13)10(17)18/h4-6,9,15H,2-3,13H2,1H3,(H,17,18)(H,19,20)/t4-,5?,6+,9-/m1/s1. The molecule has 0 radical (unpaired) electrons. The first kappa shape index (κ1) is 17.1. The van der Waals surface area contributed by atoms with Gasteiger partial charge >= 0.3 is 11.9 Å². The molecule has 122 valence electrons. The number of hydrogen-bond donors (Lipinski definition) is 4. The number of nitrogens with two attached hydrogens (primary N) is 1. The van der Waals surface area contributed by atoms with Gasteiger partial charge in [0.05, 0.1) is 16.3 Å². The highest BCUT2D eigenvalue weighted by Crippen LogP contribution is 2.53. The fourth-order valence-corrected chi connectivity index (χ4v) is 5.10. The number of β-lactam (4-membered cyclic amide) rings is 1. The van der Waals surface area contributed by atoms with Gasteiger partial charge < -0.3 is 21.1 Å². The summed E-state index contributed by atoms with van der Waals surface area (Å²) < 4.78 is 0.355. The van der Waals surface area contributed by atoms with Crippen molar-refractivity contribution in [3.05, 3.63) is 9.93 Å². The second kappa shape index (κ2) is 6.49. The van der Waals surface area contributed by atoms with Gasteiger partial charge in [0.1, 0.15) is 11.4 Å². The smallest absolute Gasteiger partial charge is 0.354 e. The van der Waals surface area contributed by atoms with Gasteiger partial charge in [-0.1, -0.05) is 18.7 Å². The molecule has 1 saturated heterocycles. The number of carbonyl (C=O) groups excluding carboxylic acids is 1. The lowest BCUT2D eigenvalue weighted by atomic mass is 9.90. The molecule has 0 saturated carbocycles. The molecule has 2 aliphatic heterocycles. The molecule has 0 spiro atoms. The number of rotatable bonds is 7. The van der Waals surface area contributed by atoms with Crippen LogP contribution in [0.25, 0.3) is 0 Å². The van der Waals surface area contributed by atoms with Crippen molar-refractivity contribution in [3.8, 4) is 0 Å². The summed E-state index contributed by atoms with van der Waals surface area (Å²) in [7, 11) is 0. The van der Waals surface area contributed by atoms with Gasteiger partial charge in [-0.15, -0.1) is 11.8 Å². The van der Waals surface area contributed by atoms with Crippen LogP contribution < -0.4 is 5.73 Å². The number of aliphatic carboxylic acids is 2. The van der Waals surface area contributed by atoms with E-state index in [2.05, 4.69) is 0 Å². The third kappa shape index (κ3) is 2.83. The van der Waals surface area contributed by atoms with E-state index in [4.69, 9.17) is 10.8 Å². The molecule has 0 aromatic carbocycles. The molecule has 0 aliphatic carbocycles. The number of fused-ring (bicyclic) bond motifs is 1. The molecular formula is C12H16N2O6S2. The van der Waals surface area contributed by atoms with Crippen LogP contribution >= 0.6 is 23.5 Å². The van der Waals surface area contributed by atoms with Crippen molar-refractivity contribution < 1.29 is 29.7 Å². The van der Waals surface area contributed by atoms with Crippen LogP contribution in [0.3, 0.4) is 0 Å². The average Bonchev–Trinajstić information content (AvgIpc) is 2.79. The lowest BCUT2D eigenvalue weighted by Crippen LogP contribution is -2.61. The Morgan fingerprint density at radius 3 is 2.59 bits per heavy atom. The van der Waals surface area contributed by atoms with Crippen molar-refractivity contribution in [1.29, 1.82) is 0 Å². The normalized spacial score (nSPS) is 26.5. The zero-order chi connectivity index (χ0) is 16.6. The number of hydrogen-bond acceptors (Lipinski definition) is 7. The molecular weight excluding hydrogens is 332 g/mol. The molecule has 22 heavy (non-hydrogen) atoms. The summed E-state index contributed by atoms with van der Waals surface area (Å²) in [4.78, 5) is 35.3. The summed E-state index contributed by atoms with van der Waals surface area (Å²) in [5, 5.41) is 27.5. The first-order valence-corrected chi connectivity index (χ1v) is 8.42. The molecule has 2 rings (SSSR count). The van der Waals surface area contributed by atoms with Gasteiger partial charge in [0.2, 0.25) is 5.91 Å². The Labute approximate surface area is 134 Å². The minimum atomic E-state index is -1.25. The van der Waals surface area contributed by atoms with Crippen LogP contribution in [-0.4, -0.2) is 61.3 Å². The molecule has 8 nitrogen and oxygen atoms in total. The Balaban J connectivity index is 2.15. The highest BCUT2D eigenvalue weighted by molar-refractivity contribution is 8.22. The van der Waals surface area contributed by atoms with Gasteiger partial charge in [-0.25, -0.2) is 4.79 Å². The summed E-state index contributed by atoms with van der Waals surface area (Å²) >= 11 is 2.17. The van der Waals surface area contributed by atoms with E-state index in [9.17, 15) is 24.6 Å². The second-order valence-corrected chi connectivity index (χ2v) is 7.33. The topological polar surface area (TPSA) is 141 Å². The van der Waals surface area contributed by atoms with Crippen molar-refractivity contribution in [3.63, 3.8) is 0 Å². The fourth-order valence-electron chi connectivity index (χ4n) is 2.25. The summed E-state index contributed by atoms with van der Waals surface area (Å²) in [5.41, 5.74) is 5.25. The van der Waals surface area contributed by atoms with Crippen LogP contribution in [-0.2, 0) is 14.4 Å². The van der Waals surface area contributed by atoms with E-state index in [1.54, 1.807) is 6.92 Å². The van der Waals surface area contributed by atoms with Crippen molar-refractivity contribution >= 4 is 41.4 Å². The van der Waals surface area contributed by atoms with E-state index in [1.165, 1.54) is 0 Å². The summed E-state index contributed by atoms with van der Waals surface area (Å²) in [6.45, 7) is 1.74. The predicted molar refractivity (Wildman–Crippen MR) is 80.7 cm³/mol. The SMILES string of the molecule is CCC(O)[C@H]1C(=O)N2C(C(=O)O)=C(SC[C@@H](N)C(=O)O)S[C@H]12. The van der Waals surface area contributed by atoms with Gasteiger partial charge in [0.25, 0.3) is 0 Å². The van der Waals surface area contributed by atoms with E-state index in [1.807, 2.05) is 0 Å². The van der Waals surface area contributed by atoms with Gasteiger partial charge in [-0.2, -0.15) is 0 Å². The molecule has 0 aromatic rings. The number of nitrogens with zero attached hydrogens (tertiary/aromatic N) is 1. The van der Waals surface area contributed by atoms with Crippen LogP contribution in [0, 0.1) is 5.92 Å². The van der Waals surface area contributed by atoms with Crippen molar-refractivity contribution in [2.45, 2.75) is 30.9 Å². The second-order valence-electron chi connectivity index (χ2n) is 4.91. The van der Waals surface area contributed by atoms with E-state index < -0.39 is 41.3 Å². The van der Waals surface area contributed by atoms with Crippen molar-refractivity contribution in [1.82, 2.24) is 4.90 Å². The Morgan fingerprint density at radius 2 is 2.09 bits per heavy atom. The lowest BCUT2D eigenvalue weighted by molar-refractivity contribution is -0.157. The Morgan fingerprint density at radius 1 is 1.45 bits per heavy atom. The third-order valence-corrected chi connectivity index (χ3v) is 6.27. The van der Waals surface area contributed by atoms with Gasteiger partial charge in [-0.3, -0.25) is 14.5 Å². The molecule has 1 unspecified atom stereocenters. The zero-order valence-corrected chi connectivity index (χ0v) is 13.3. The number of amides is 1. The van der Waals surface area contributed by atoms with Gasteiger partial charge in [0.15, 0.2) is 5.70 Å². The minimum Gasteiger partial charge on any atom is -0.480 e. The molecule has 2 heterocycles. The predicted octanol–water partition coefficient (Wildman–Crippen LogP) is -0.313. The maximum Gasteiger partial charge on any atom is 0.354 e. The van der Waals surface area contributed by atoms with E-state index in [-0.39, 0.29) is 11.4 Å². The van der Waals surface area contributed by atoms with E-state index in [0.717, 1.165) is 28.4 Å². The van der Waals surface area contributed by atoms with Crippen LogP contribution in [0.4, 0.5) is 0 Å². The third-order valence-electron chi connectivity index (χ3n) is 3.49. The molecule has 4 atom stereocenters. The van der Waals surface area contributed by atoms with Crippen LogP contribution in [0.15, 0.2) is 9.93 Å². The van der Waals surface area contributed by atoms with Crippen molar-refractivity contribution in [2.24, 2.45) is 11.7 Å². The summed E-state index contributed by atoms with van der Waals surface area (Å²) in [5.74, 6) is -3.46. The summed E-state index contributed by atoms with van der Waals surface area (Å²) in [6, 6.07) is -1.12. The molecule has 2 aliphatic rings. The number of carbonyl (C=O) groups is 3. The molecule has 5 N–H and O–H groups in total. The quantitative estimate of drug-likeness (QED) is 0.456. The summed E-state index contributed by atoms with van der Waals surface area (Å²) in [6.07, 6.45) is -0.419. The number of aliphatic hydroxyl groups excluding tert-OH is 1. The zero-order valence-electron chi connectivity index (χ0n) is 11.6. The molecule has 1 fully saturated rings.